The first-order chi connectivity index (χ1) is 8.19. The van der Waals surface area contributed by atoms with Gasteiger partial charge in [-0.05, 0) is 32.0 Å². The number of aliphatic hydroxyl groups is 1. The summed E-state index contributed by atoms with van der Waals surface area (Å²) in [6.45, 7) is 3.36. The highest BCUT2D eigenvalue weighted by Crippen LogP contribution is 2.22. The van der Waals surface area contributed by atoms with Crippen molar-refractivity contribution in [3.63, 3.8) is 0 Å². The van der Waals surface area contributed by atoms with E-state index in [1.807, 2.05) is 0 Å². The van der Waals surface area contributed by atoms with Gasteiger partial charge in [-0.1, -0.05) is 11.6 Å². The van der Waals surface area contributed by atoms with Crippen molar-refractivity contribution >= 4 is 23.3 Å². The van der Waals surface area contributed by atoms with Crippen molar-refractivity contribution in [3.8, 4) is 0 Å². The summed E-state index contributed by atoms with van der Waals surface area (Å²) in [6, 6.07) is 3.28. The molecule has 18 heavy (non-hydrogen) atoms. The fourth-order valence-electron chi connectivity index (χ4n) is 1.45. The van der Waals surface area contributed by atoms with E-state index in [4.69, 9.17) is 11.6 Å². The highest BCUT2D eigenvalue weighted by molar-refractivity contribution is 6.33. The third-order valence-electron chi connectivity index (χ3n) is 2.14. The summed E-state index contributed by atoms with van der Waals surface area (Å²) in [5.74, 6) is -0.470. The van der Waals surface area contributed by atoms with E-state index >= 15 is 0 Å². The quantitative estimate of drug-likeness (QED) is 0.890. The Hall–Kier alpha value is -1.33. The average molecular weight is 275 g/mol. The van der Waals surface area contributed by atoms with Gasteiger partial charge in [-0.3, -0.25) is 0 Å². The van der Waals surface area contributed by atoms with Gasteiger partial charge in [-0.2, -0.15) is 0 Å². The van der Waals surface area contributed by atoms with Gasteiger partial charge in [0.1, 0.15) is 5.82 Å². The average Bonchev–Trinajstić information content (AvgIpc) is 2.19. The summed E-state index contributed by atoms with van der Waals surface area (Å²) in [6.07, 6.45) is 0. The molecule has 0 aliphatic rings. The summed E-state index contributed by atoms with van der Waals surface area (Å²) >= 11 is 5.79. The molecule has 0 aromatic heterocycles. The van der Waals surface area contributed by atoms with Crippen molar-refractivity contribution in [2.24, 2.45) is 0 Å². The first-order valence-electron chi connectivity index (χ1n) is 5.38. The fraction of sp³-hybridized carbons (Fsp3) is 0.417. The number of rotatable bonds is 3. The zero-order valence-corrected chi connectivity index (χ0v) is 11.3. The standard InChI is InChI=1S/C12H16ClFN2O2/c1-12(2,18)7-16(3)11(17)15-10-5-4-8(14)6-9(10)13/h4-6,18H,7H2,1-3H3,(H,15,17). The van der Waals surface area contributed by atoms with Crippen molar-refractivity contribution in [1.82, 2.24) is 4.90 Å². The van der Waals surface area contributed by atoms with Crippen LogP contribution in [0.4, 0.5) is 14.9 Å². The van der Waals surface area contributed by atoms with E-state index in [1.54, 1.807) is 20.9 Å². The molecule has 0 heterocycles. The molecule has 0 aliphatic heterocycles. The number of amides is 2. The van der Waals surface area contributed by atoms with Gasteiger partial charge in [0.05, 0.1) is 22.9 Å². The molecule has 0 aliphatic carbocycles. The molecule has 0 unspecified atom stereocenters. The Kier molecular flexibility index (Phi) is 4.53. The number of hydrogen-bond donors (Lipinski definition) is 2. The summed E-state index contributed by atoms with van der Waals surface area (Å²) < 4.78 is 12.8. The zero-order valence-electron chi connectivity index (χ0n) is 10.5. The molecular formula is C12H16ClFN2O2. The number of benzene rings is 1. The molecule has 1 aromatic rings. The van der Waals surface area contributed by atoms with Crippen molar-refractivity contribution in [3.05, 3.63) is 29.0 Å². The number of anilines is 1. The fourth-order valence-corrected chi connectivity index (χ4v) is 1.67. The lowest BCUT2D eigenvalue weighted by Gasteiger charge is -2.25. The van der Waals surface area contributed by atoms with E-state index < -0.39 is 17.4 Å². The van der Waals surface area contributed by atoms with Crippen LogP contribution in [0.2, 0.25) is 5.02 Å². The Balaban J connectivity index is 2.70. The lowest BCUT2D eigenvalue weighted by Crippen LogP contribution is -2.41. The molecule has 0 saturated carbocycles. The second-order valence-corrected chi connectivity index (χ2v) is 5.13. The first-order valence-corrected chi connectivity index (χ1v) is 5.76. The van der Waals surface area contributed by atoms with Crippen LogP contribution in [-0.2, 0) is 0 Å². The summed E-state index contributed by atoms with van der Waals surface area (Å²) in [5, 5.41) is 12.3. The lowest BCUT2D eigenvalue weighted by molar-refractivity contribution is 0.0550. The van der Waals surface area contributed by atoms with Crippen LogP contribution < -0.4 is 5.32 Å². The first kappa shape index (κ1) is 14.7. The molecule has 0 saturated heterocycles. The second kappa shape index (κ2) is 5.54. The Morgan fingerprint density at radius 2 is 2.17 bits per heavy atom. The maximum absolute atomic E-state index is 12.8. The van der Waals surface area contributed by atoms with E-state index in [0.717, 1.165) is 6.07 Å². The van der Waals surface area contributed by atoms with E-state index in [-0.39, 0.29) is 11.6 Å². The van der Waals surface area contributed by atoms with Gasteiger partial charge in [-0.15, -0.1) is 0 Å². The molecular weight excluding hydrogens is 259 g/mol. The summed E-state index contributed by atoms with van der Waals surface area (Å²) in [5.41, 5.74) is -0.663. The van der Waals surface area contributed by atoms with Crippen LogP contribution in [0.25, 0.3) is 0 Å². The smallest absolute Gasteiger partial charge is 0.321 e. The van der Waals surface area contributed by atoms with Gasteiger partial charge in [0, 0.05) is 7.05 Å². The number of nitrogens with one attached hydrogen (secondary N) is 1. The third kappa shape index (κ3) is 4.50. The molecule has 0 radical (unpaired) electrons. The van der Waals surface area contributed by atoms with Gasteiger partial charge < -0.3 is 15.3 Å². The Labute approximate surface area is 110 Å². The van der Waals surface area contributed by atoms with Crippen LogP contribution in [0.5, 0.6) is 0 Å². The second-order valence-electron chi connectivity index (χ2n) is 4.72. The van der Waals surface area contributed by atoms with Gasteiger partial charge in [0.15, 0.2) is 0 Å². The molecule has 2 amide bonds. The van der Waals surface area contributed by atoms with Gasteiger partial charge >= 0.3 is 6.03 Å². The maximum atomic E-state index is 12.8. The molecule has 1 rings (SSSR count). The molecule has 100 valence electrons. The topological polar surface area (TPSA) is 52.6 Å². The number of nitrogens with zero attached hydrogens (tertiary/aromatic N) is 1. The maximum Gasteiger partial charge on any atom is 0.321 e. The monoisotopic (exact) mass is 274 g/mol. The number of urea groups is 1. The van der Waals surface area contributed by atoms with Crippen LogP contribution in [0.1, 0.15) is 13.8 Å². The Bertz CT molecular complexity index is 446. The van der Waals surface area contributed by atoms with Crippen LogP contribution in [-0.4, -0.2) is 35.2 Å². The minimum Gasteiger partial charge on any atom is -0.389 e. The number of carbonyl (C=O) groups excluding carboxylic acids is 1. The minimum atomic E-state index is -0.987. The van der Waals surface area contributed by atoms with Crippen molar-refractivity contribution < 1.29 is 14.3 Å². The Morgan fingerprint density at radius 1 is 1.56 bits per heavy atom. The van der Waals surface area contributed by atoms with E-state index in [9.17, 15) is 14.3 Å². The SMILES string of the molecule is CN(CC(C)(C)O)C(=O)Nc1ccc(F)cc1Cl. The van der Waals surface area contributed by atoms with Gasteiger partial charge in [0.25, 0.3) is 0 Å². The summed E-state index contributed by atoms with van der Waals surface area (Å²) in [4.78, 5) is 13.1. The molecule has 0 bridgehead atoms. The van der Waals surface area contributed by atoms with Crippen LogP contribution >= 0.6 is 11.6 Å². The molecule has 0 fully saturated rings. The normalized spacial score (nSPS) is 11.2. The molecule has 2 N–H and O–H groups in total. The molecule has 1 aromatic carbocycles. The van der Waals surface area contributed by atoms with Crippen LogP contribution in [0, 0.1) is 5.82 Å². The minimum absolute atomic E-state index is 0.125. The predicted molar refractivity (Wildman–Crippen MR) is 69.4 cm³/mol. The number of halogens is 2. The molecule has 0 atom stereocenters. The predicted octanol–water partition coefficient (Wildman–Crippen LogP) is 2.71. The molecule has 6 heteroatoms. The number of hydrogen-bond acceptors (Lipinski definition) is 2. The molecule has 0 spiro atoms. The van der Waals surface area contributed by atoms with Crippen molar-refractivity contribution in [1.29, 1.82) is 0 Å². The van der Waals surface area contributed by atoms with Crippen molar-refractivity contribution in [2.75, 3.05) is 18.9 Å². The van der Waals surface area contributed by atoms with E-state index in [2.05, 4.69) is 5.32 Å². The zero-order chi connectivity index (χ0) is 13.9. The van der Waals surface area contributed by atoms with Crippen molar-refractivity contribution in [2.45, 2.75) is 19.4 Å². The highest BCUT2D eigenvalue weighted by atomic mass is 35.5. The van der Waals surface area contributed by atoms with Gasteiger partial charge in [-0.25, -0.2) is 9.18 Å². The van der Waals surface area contributed by atoms with E-state index in [1.165, 1.54) is 17.0 Å². The van der Waals surface area contributed by atoms with Gasteiger partial charge in [0.2, 0.25) is 0 Å². The lowest BCUT2D eigenvalue weighted by atomic mass is 10.1. The highest BCUT2D eigenvalue weighted by Gasteiger charge is 2.19. The number of carbonyl (C=O) groups is 1. The summed E-state index contributed by atoms with van der Waals surface area (Å²) in [7, 11) is 1.55. The third-order valence-corrected chi connectivity index (χ3v) is 2.46. The van der Waals surface area contributed by atoms with Crippen LogP contribution in [0.3, 0.4) is 0 Å². The molecule has 4 nitrogen and oxygen atoms in total. The van der Waals surface area contributed by atoms with Crippen LogP contribution in [0.15, 0.2) is 18.2 Å². The number of likely N-dealkylation sites (N-methyl/N-ethyl adjacent to an activating group) is 1. The largest absolute Gasteiger partial charge is 0.389 e. The Morgan fingerprint density at radius 3 is 2.67 bits per heavy atom. The van der Waals surface area contributed by atoms with E-state index in [0.29, 0.717) is 5.69 Å².